The number of carboxylic acids is 1. The Hall–Kier alpha value is -3.29. The molecule has 3 aliphatic carbocycles. The van der Waals surface area contributed by atoms with E-state index < -0.39 is 11.5 Å². The number of likely N-dealkylation sites (N-methyl/N-ethyl adjacent to an activating group) is 1. The van der Waals surface area contributed by atoms with Crippen molar-refractivity contribution in [2.45, 2.75) is 88.5 Å². The van der Waals surface area contributed by atoms with E-state index in [1.165, 1.54) is 35.2 Å². The molecule has 0 radical (unpaired) electrons. The molecular weight excluding hydrogens is 610 g/mol. The number of aryl methyl sites for hydroxylation is 1. The third kappa shape index (κ3) is 7.12. The van der Waals surface area contributed by atoms with Gasteiger partial charge in [-0.05, 0) is 143 Å². The largest absolute Gasteiger partial charge is 0.493 e. The SMILES string of the molecule is C[C@@H](COc1ccnc2c1[C@H](C)CCC2)C[C@H]1Cc2ccc(OCCN(C)C)cc2C12CCC(Nc1cccc(Cl)c1)(C(=O)O)CC2. The molecule has 252 valence electrons. The zero-order valence-electron chi connectivity index (χ0n) is 28.4. The minimum atomic E-state index is -1.05. The Morgan fingerprint density at radius 1 is 1.13 bits per heavy atom. The number of fused-ring (bicyclic) bond motifs is 3. The van der Waals surface area contributed by atoms with Gasteiger partial charge in [-0.3, -0.25) is 4.98 Å². The molecule has 7 nitrogen and oxygen atoms in total. The minimum absolute atomic E-state index is 0.121. The average Bonchev–Trinajstić information content (AvgIpc) is 3.32. The van der Waals surface area contributed by atoms with Crippen LogP contribution in [-0.2, 0) is 23.1 Å². The van der Waals surface area contributed by atoms with Gasteiger partial charge in [0.15, 0.2) is 0 Å². The molecule has 2 aromatic carbocycles. The van der Waals surface area contributed by atoms with Gasteiger partial charge in [0, 0.05) is 34.7 Å². The van der Waals surface area contributed by atoms with Crippen LogP contribution in [0.4, 0.5) is 5.69 Å². The van der Waals surface area contributed by atoms with E-state index in [2.05, 4.69) is 61.3 Å². The number of nitrogens with zero attached hydrogens (tertiary/aromatic N) is 2. The number of benzene rings is 2. The van der Waals surface area contributed by atoms with Crippen molar-refractivity contribution in [2.75, 3.05) is 39.2 Å². The fourth-order valence-corrected chi connectivity index (χ4v) is 8.70. The number of ether oxygens (including phenoxy) is 2. The van der Waals surface area contributed by atoms with Crippen LogP contribution in [0.3, 0.4) is 0 Å². The van der Waals surface area contributed by atoms with Crippen LogP contribution in [0.1, 0.15) is 87.1 Å². The number of hydrogen-bond acceptors (Lipinski definition) is 6. The zero-order valence-corrected chi connectivity index (χ0v) is 29.1. The molecule has 1 aromatic heterocycles. The van der Waals surface area contributed by atoms with Crippen molar-refractivity contribution >= 4 is 23.3 Å². The normalized spacial score (nSPS) is 25.7. The molecule has 2 N–H and O–H groups in total. The lowest BCUT2D eigenvalue weighted by Crippen LogP contribution is -2.53. The summed E-state index contributed by atoms with van der Waals surface area (Å²) in [5, 5.41) is 14.6. The Bertz CT molecular complexity index is 1570. The number of anilines is 1. The van der Waals surface area contributed by atoms with Crippen molar-refractivity contribution in [3.63, 3.8) is 0 Å². The van der Waals surface area contributed by atoms with Gasteiger partial charge in [-0.1, -0.05) is 37.6 Å². The van der Waals surface area contributed by atoms with Crippen molar-refractivity contribution in [3.8, 4) is 11.5 Å². The van der Waals surface area contributed by atoms with E-state index in [1.807, 2.05) is 36.5 Å². The Morgan fingerprint density at radius 2 is 1.94 bits per heavy atom. The second kappa shape index (κ2) is 14.1. The molecule has 0 unspecified atom stereocenters. The summed E-state index contributed by atoms with van der Waals surface area (Å²) in [5.74, 6) is 2.27. The zero-order chi connectivity index (χ0) is 33.2. The number of pyridine rings is 1. The summed E-state index contributed by atoms with van der Waals surface area (Å²) in [6.07, 6.45) is 9.92. The number of nitrogens with one attached hydrogen (secondary N) is 1. The summed E-state index contributed by atoms with van der Waals surface area (Å²) in [7, 11) is 4.10. The van der Waals surface area contributed by atoms with Crippen LogP contribution >= 0.6 is 11.6 Å². The highest BCUT2D eigenvalue weighted by molar-refractivity contribution is 6.30. The first-order valence-corrected chi connectivity index (χ1v) is 17.7. The molecule has 8 heteroatoms. The number of carboxylic acid groups (broad SMARTS) is 1. The van der Waals surface area contributed by atoms with Crippen molar-refractivity contribution in [1.29, 1.82) is 0 Å². The number of carbonyl (C=O) groups is 1. The van der Waals surface area contributed by atoms with Gasteiger partial charge in [-0.15, -0.1) is 0 Å². The van der Waals surface area contributed by atoms with Gasteiger partial charge < -0.3 is 24.8 Å². The van der Waals surface area contributed by atoms with Crippen LogP contribution in [-0.4, -0.2) is 60.4 Å². The standard InChI is InChI=1S/C39H50ClN3O4/c1-26(25-47-35-13-18-41-34-10-5-7-27(2)36(34)35)21-29-22-28-11-12-32(46-20-19-43(3)4)24-33(28)38(29)14-16-39(17-15-38,37(44)45)42-31-9-6-8-30(40)23-31/h6,8-9,11-13,18,23-24,26-27,29,42H,5,7,10,14-17,19-22,25H2,1-4H3,(H,44,45)/t26-,27-,29+,38?,39?/m1/s1. The second-order valence-corrected chi connectivity index (χ2v) is 15.1. The fraction of sp³-hybridized carbons (Fsp3) is 0.538. The molecule has 1 saturated carbocycles. The highest BCUT2D eigenvalue weighted by Gasteiger charge is 2.54. The molecule has 0 bridgehead atoms. The molecule has 1 spiro atoms. The summed E-state index contributed by atoms with van der Waals surface area (Å²) >= 11 is 6.27. The maximum Gasteiger partial charge on any atom is 0.329 e. The van der Waals surface area contributed by atoms with Gasteiger partial charge in [0.25, 0.3) is 0 Å². The molecular formula is C39H50ClN3O4. The predicted octanol–water partition coefficient (Wildman–Crippen LogP) is 8.14. The van der Waals surface area contributed by atoms with Crippen molar-refractivity contribution in [2.24, 2.45) is 11.8 Å². The monoisotopic (exact) mass is 659 g/mol. The van der Waals surface area contributed by atoms with Crippen molar-refractivity contribution in [1.82, 2.24) is 9.88 Å². The molecule has 0 saturated heterocycles. The second-order valence-electron chi connectivity index (χ2n) is 14.7. The van der Waals surface area contributed by atoms with Crippen molar-refractivity contribution < 1.29 is 19.4 Å². The molecule has 1 fully saturated rings. The van der Waals surface area contributed by atoms with Gasteiger partial charge in [-0.2, -0.15) is 0 Å². The van der Waals surface area contributed by atoms with E-state index in [0.29, 0.717) is 48.8 Å². The van der Waals surface area contributed by atoms with Crippen LogP contribution in [0.5, 0.6) is 11.5 Å². The molecule has 3 aromatic rings. The van der Waals surface area contributed by atoms with E-state index in [1.54, 1.807) is 0 Å². The molecule has 3 aliphatic rings. The molecule has 0 amide bonds. The average molecular weight is 660 g/mol. The van der Waals surface area contributed by atoms with E-state index >= 15 is 0 Å². The Morgan fingerprint density at radius 3 is 2.68 bits per heavy atom. The Kier molecular flexibility index (Phi) is 10.0. The molecule has 6 rings (SSSR count). The first-order chi connectivity index (χ1) is 22.6. The third-order valence-corrected chi connectivity index (χ3v) is 11.3. The molecule has 0 aliphatic heterocycles. The highest BCUT2D eigenvalue weighted by atomic mass is 35.5. The number of aliphatic carboxylic acids is 1. The van der Waals surface area contributed by atoms with Gasteiger partial charge in [0.1, 0.15) is 23.6 Å². The lowest BCUT2D eigenvalue weighted by atomic mass is 9.59. The van der Waals surface area contributed by atoms with E-state index in [-0.39, 0.29) is 5.41 Å². The summed E-state index contributed by atoms with van der Waals surface area (Å²) in [4.78, 5) is 19.7. The summed E-state index contributed by atoms with van der Waals surface area (Å²) < 4.78 is 12.8. The summed E-state index contributed by atoms with van der Waals surface area (Å²) in [6, 6.07) is 16.0. The maximum absolute atomic E-state index is 12.9. The number of hydrogen-bond donors (Lipinski definition) is 2. The Labute approximate surface area is 285 Å². The molecule has 47 heavy (non-hydrogen) atoms. The molecule has 3 atom stereocenters. The fourth-order valence-electron chi connectivity index (χ4n) is 8.51. The summed E-state index contributed by atoms with van der Waals surface area (Å²) in [5.41, 5.74) is 4.77. The lowest BCUT2D eigenvalue weighted by Gasteiger charge is -2.47. The topological polar surface area (TPSA) is 83.9 Å². The van der Waals surface area contributed by atoms with Crippen LogP contribution in [0.2, 0.25) is 5.02 Å². The van der Waals surface area contributed by atoms with Crippen molar-refractivity contribution in [3.05, 3.63) is 82.1 Å². The first-order valence-electron chi connectivity index (χ1n) is 17.4. The van der Waals surface area contributed by atoms with Crippen LogP contribution in [0, 0.1) is 11.8 Å². The smallest absolute Gasteiger partial charge is 0.329 e. The Balaban J connectivity index is 1.23. The van der Waals surface area contributed by atoms with E-state index in [4.69, 9.17) is 21.1 Å². The quantitative estimate of drug-likeness (QED) is 0.203. The van der Waals surface area contributed by atoms with Crippen LogP contribution < -0.4 is 14.8 Å². The van der Waals surface area contributed by atoms with E-state index in [9.17, 15) is 9.90 Å². The third-order valence-electron chi connectivity index (χ3n) is 11.1. The predicted molar refractivity (Wildman–Crippen MR) is 188 cm³/mol. The maximum atomic E-state index is 12.9. The van der Waals surface area contributed by atoms with Crippen LogP contribution in [0.25, 0.3) is 0 Å². The first kappa shape index (κ1) is 33.6. The van der Waals surface area contributed by atoms with E-state index in [0.717, 1.165) is 55.8 Å². The van der Waals surface area contributed by atoms with Gasteiger partial charge >= 0.3 is 5.97 Å². The summed E-state index contributed by atoms with van der Waals surface area (Å²) in [6.45, 7) is 6.71. The minimum Gasteiger partial charge on any atom is -0.493 e. The lowest BCUT2D eigenvalue weighted by molar-refractivity contribution is -0.144. The number of rotatable bonds is 12. The van der Waals surface area contributed by atoms with Gasteiger partial charge in [-0.25, -0.2) is 4.79 Å². The molecule has 1 heterocycles. The number of aromatic nitrogens is 1. The highest BCUT2D eigenvalue weighted by Crippen LogP contribution is 2.56. The van der Waals surface area contributed by atoms with Gasteiger partial charge in [0.05, 0.1) is 6.61 Å². The van der Waals surface area contributed by atoms with Crippen LogP contribution in [0.15, 0.2) is 54.7 Å². The van der Waals surface area contributed by atoms with Gasteiger partial charge in [0.2, 0.25) is 0 Å². The number of halogens is 1.